The molecule has 0 saturated carbocycles. The van der Waals surface area contributed by atoms with Crippen LogP contribution in [0, 0.1) is 0 Å². The molecule has 1 aliphatic rings. The van der Waals surface area contributed by atoms with E-state index in [1.807, 2.05) is 78.9 Å². The molecule has 7 nitrogen and oxygen atoms in total. The van der Waals surface area contributed by atoms with Crippen LogP contribution in [0.3, 0.4) is 0 Å². The SMILES string of the molecule is O=C(CCc1ccccc1)Nc1cccc(NCC(=O)Nc2ccc(OCC3CCCO3)cc2)c1. The number of nitrogens with one attached hydrogen (secondary N) is 3. The summed E-state index contributed by atoms with van der Waals surface area (Å²) in [5.74, 6) is 0.529. The van der Waals surface area contributed by atoms with Gasteiger partial charge in [0.1, 0.15) is 12.4 Å². The van der Waals surface area contributed by atoms with Crippen molar-refractivity contribution >= 4 is 28.9 Å². The molecule has 2 amide bonds. The van der Waals surface area contributed by atoms with Crippen LogP contribution in [0.25, 0.3) is 0 Å². The summed E-state index contributed by atoms with van der Waals surface area (Å²) < 4.78 is 11.3. The fraction of sp³-hybridized carbons (Fsp3) is 0.286. The molecule has 3 N–H and O–H groups in total. The van der Waals surface area contributed by atoms with Crippen molar-refractivity contribution in [3.8, 4) is 5.75 Å². The number of ether oxygens (including phenoxy) is 2. The van der Waals surface area contributed by atoms with Gasteiger partial charge < -0.3 is 25.4 Å². The van der Waals surface area contributed by atoms with E-state index in [1.54, 1.807) is 0 Å². The van der Waals surface area contributed by atoms with Crippen molar-refractivity contribution in [1.29, 1.82) is 0 Å². The van der Waals surface area contributed by atoms with Crippen molar-refractivity contribution in [2.24, 2.45) is 0 Å². The Morgan fingerprint density at radius 3 is 2.40 bits per heavy atom. The van der Waals surface area contributed by atoms with E-state index < -0.39 is 0 Å². The maximum atomic E-state index is 12.4. The highest BCUT2D eigenvalue weighted by molar-refractivity contribution is 5.94. The van der Waals surface area contributed by atoms with Gasteiger partial charge in [-0.05, 0) is 67.3 Å². The Kier molecular flexibility index (Phi) is 8.73. The zero-order valence-electron chi connectivity index (χ0n) is 19.7. The third-order valence-corrected chi connectivity index (χ3v) is 5.68. The van der Waals surface area contributed by atoms with Crippen molar-refractivity contribution in [1.82, 2.24) is 0 Å². The topological polar surface area (TPSA) is 88.7 Å². The zero-order valence-corrected chi connectivity index (χ0v) is 19.7. The Balaban J connectivity index is 1.18. The quantitative estimate of drug-likeness (QED) is 0.370. The van der Waals surface area contributed by atoms with Gasteiger partial charge in [-0.2, -0.15) is 0 Å². The van der Waals surface area contributed by atoms with Crippen LogP contribution in [0.4, 0.5) is 17.1 Å². The third kappa shape index (κ3) is 8.15. The van der Waals surface area contributed by atoms with Crippen LogP contribution in [0.15, 0.2) is 78.9 Å². The molecule has 182 valence electrons. The van der Waals surface area contributed by atoms with E-state index in [1.165, 1.54) is 0 Å². The number of aryl methyl sites for hydroxylation is 1. The summed E-state index contributed by atoms with van der Waals surface area (Å²) in [5.41, 5.74) is 3.26. The van der Waals surface area contributed by atoms with Crippen LogP contribution in [-0.4, -0.2) is 37.7 Å². The van der Waals surface area contributed by atoms with E-state index in [2.05, 4.69) is 16.0 Å². The molecule has 0 aliphatic carbocycles. The number of amides is 2. The minimum absolute atomic E-state index is 0.0491. The highest BCUT2D eigenvalue weighted by Gasteiger charge is 2.16. The molecule has 1 atom stereocenters. The second kappa shape index (κ2) is 12.6. The van der Waals surface area contributed by atoms with Gasteiger partial charge in [0.25, 0.3) is 0 Å². The molecule has 3 aromatic carbocycles. The lowest BCUT2D eigenvalue weighted by Crippen LogP contribution is -2.21. The molecule has 0 radical (unpaired) electrons. The first kappa shape index (κ1) is 24.3. The monoisotopic (exact) mass is 473 g/mol. The standard InChI is InChI=1S/C28H31N3O4/c32-27(16-11-21-6-2-1-3-7-21)31-24-9-4-8-23(18-24)29-19-28(33)30-22-12-14-25(15-13-22)35-20-26-10-5-17-34-26/h1-4,6-9,12-15,18,26,29H,5,10-11,16-17,19-20H2,(H,30,33)(H,31,32). The number of rotatable bonds is 11. The summed E-state index contributed by atoms with van der Waals surface area (Å²) >= 11 is 0. The van der Waals surface area contributed by atoms with E-state index in [-0.39, 0.29) is 24.5 Å². The van der Waals surface area contributed by atoms with Crippen LogP contribution >= 0.6 is 0 Å². The Morgan fingerprint density at radius 1 is 0.857 bits per heavy atom. The first-order chi connectivity index (χ1) is 17.1. The maximum absolute atomic E-state index is 12.4. The number of hydrogen-bond donors (Lipinski definition) is 3. The molecule has 0 spiro atoms. The molecule has 0 bridgehead atoms. The molecule has 3 aromatic rings. The Morgan fingerprint density at radius 2 is 1.63 bits per heavy atom. The van der Waals surface area contributed by atoms with Crippen molar-refractivity contribution in [2.75, 3.05) is 35.7 Å². The average molecular weight is 474 g/mol. The number of benzene rings is 3. The maximum Gasteiger partial charge on any atom is 0.243 e. The largest absolute Gasteiger partial charge is 0.491 e. The van der Waals surface area contributed by atoms with Gasteiger partial charge in [0.2, 0.25) is 11.8 Å². The summed E-state index contributed by atoms with van der Waals surface area (Å²) in [6, 6.07) is 24.5. The van der Waals surface area contributed by atoms with Crippen molar-refractivity contribution < 1.29 is 19.1 Å². The Labute approximate surface area is 205 Å². The number of carbonyl (C=O) groups excluding carboxylic acids is 2. The molecule has 1 aliphatic heterocycles. The molecular weight excluding hydrogens is 442 g/mol. The first-order valence-corrected chi connectivity index (χ1v) is 12.0. The number of anilines is 3. The molecule has 1 unspecified atom stereocenters. The summed E-state index contributed by atoms with van der Waals surface area (Å²) in [6.45, 7) is 1.45. The van der Waals surface area contributed by atoms with Gasteiger partial charge >= 0.3 is 0 Å². The fourth-order valence-corrected chi connectivity index (χ4v) is 3.82. The minimum atomic E-state index is -0.171. The van der Waals surface area contributed by atoms with Gasteiger partial charge in [-0.15, -0.1) is 0 Å². The molecular formula is C28H31N3O4. The summed E-state index contributed by atoms with van der Waals surface area (Å²) in [5, 5.41) is 8.88. The van der Waals surface area contributed by atoms with Crippen LogP contribution in [-0.2, 0) is 20.7 Å². The van der Waals surface area contributed by atoms with E-state index in [0.29, 0.717) is 30.8 Å². The van der Waals surface area contributed by atoms with Crippen molar-refractivity contribution in [3.05, 3.63) is 84.4 Å². The molecule has 7 heteroatoms. The molecule has 1 heterocycles. The summed E-state index contributed by atoms with van der Waals surface area (Å²) in [6.07, 6.45) is 3.38. The lowest BCUT2D eigenvalue weighted by atomic mass is 10.1. The number of hydrogen-bond acceptors (Lipinski definition) is 5. The van der Waals surface area contributed by atoms with Gasteiger partial charge in [0.15, 0.2) is 0 Å². The van der Waals surface area contributed by atoms with E-state index in [9.17, 15) is 9.59 Å². The van der Waals surface area contributed by atoms with Crippen molar-refractivity contribution in [2.45, 2.75) is 31.8 Å². The van der Waals surface area contributed by atoms with E-state index in [0.717, 1.165) is 36.4 Å². The fourth-order valence-electron chi connectivity index (χ4n) is 3.82. The summed E-state index contributed by atoms with van der Waals surface area (Å²) in [4.78, 5) is 24.6. The second-order valence-corrected chi connectivity index (χ2v) is 8.49. The van der Waals surface area contributed by atoms with Gasteiger partial charge in [-0.1, -0.05) is 36.4 Å². The molecule has 1 saturated heterocycles. The van der Waals surface area contributed by atoms with Gasteiger partial charge in [0.05, 0.1) is 12.6 Å². The smallest absolute Gasteiger partial charge is 0.243 e. The van der Waals surface area contributed by atoms with Gasteiger partial charge in [0, 0.05) is 30.1 Å². The molecule has 0 aromatic heterocycles. The van der Waals surface area contributed by atoms with Crippen LogP contribution < -0.4 is 20.7 Å². The predicted octanol–water partition coefficient (Wildman–Crippen LogP) is 4.87. The van der Waals surface area contributed by atoms with Crippen LogP contribution in [0.5, 0.6) is 5.75 Å². The highest BCUT2D eigenvalue weighted by atomic mass is 16.5. The van der Waals surface area contributed by atoms with E-state index >= 15 is 0 Å². The molecule has 4 rings (SSSR count). The Hall–Kier alpha value is -3.84. The lowest BCUT2D eigenvalue weighted by Gasteiger charge is -2.12. The first-order valence-electron chi connectivity index (χ1n) is 12.0. The van der Waals surface area contributed by atoms with Crippen molar-refractivity contribution in [3.63, 3.8) is 0 Å². The Bertz CT molecular complexity index is 1100. The minimum Gasteiger partial charge on any atom is -0.491 e. The normalized spacial score (nSPS) is 14.8. The second-order valence-electron chi connectivity index (χ2n) is 8.49. The van der Waals surface area contributed by atoms with Gasteiger partial charge in [-0.3, -0.25) is 9.59 Å². The van der Waals surface area contributed by atoms with Gasteiger partial charge in [-0.25, -0.2) is 0 Å². The zero-order chi connectivity index (χ0) is 24.3. The highest BCUT2D eigenvalue weighted by Crippen LogP contribution is 2.19. The predicted molar refractivity (Wildman–Crippen MR) is 138 cm³/mol. The average Bonchev–Trinajstić information content (AvgIpc) is 3.41. The third-order valence-electron chi connectivity index (χ3n) is 5.68. The molecule has 1 fully saturated rings. The van der Waals surface area contributed by atoms with Crippen LogP contribution in [0.1, 0.15) is 24.8 Å². The van der Waals surface area contributed by atoms with Crippen LogP contribution in [0.2, 0.25) is 0 Å². The van der Waals surface area contributed by atoms with E-state index in [4.69, 9.17) is 9.47 Å². The number of carbonyl (C=O) groups is 2. The summed E-state index contributed by atoms with van der Waals surface area (Å²) in [7, 11) is 0. The lowest BCUT2D eigenvalue weighted by molar-refractivity contribution is -0.116. The molecule has 35 heavy (non-hydrogen) atoms.